The molecule has 1 aliphatic heterocycles. The lowest BCUT2D eigenvalue weighted by Gasteiger charge is -2.20. The van der Waals surface area contributed by atoms with Gasteiger partial charge in [0, 0.05) is 45.0 Å². The minimum absolute atomic E-state index is 0.306. The van der Waals surface area contributed by atoms with Gasteiger partial charge in [0.25, 0.3) is 0 Å². The van der Waals surface area contributed by atoms with Crippen LogP contribution in [0, 0.1) is 13.8 Å². The van der Waals surface area contributed by atoms with Crippen LogP contribution in [-0.2, 0) is 13.5 Å². The molecule has 28 heavy (non-hydrogen) atoms. The van der Waals surface area contributed by atoms with Crippen molar-refractivity contribution in [1.82, 2.24) is 30.2 Å². The Balaban J connectivity index is 1.80. The maximum atomic E-state index is 4.80. The second-order valence-electron chi connectivity index (χ2n) is 8.14. The smallest absolute Gasteiger partial charge is 0.191 e. The summed E-state index contributed by atoms with van der Waals surface area (Å²) in [6.45, 7) is 16.2. The van der Waals surface area contributed by atoms with Gasteiger partial charge in [-0.3, -0.25) is 9.67 Å². The van der Waals surface area contributed by atoms with Gasteiger partial charge >= 0.3 is 0 Å². The Kier molecular flexibility index (Phi) is 9.25. The Labute approximate surface area is 171 Å². The third-order valence-corrected chi connectivity index (χ3v) is 5.61. The second kappa shape index (κ2) is 11.4. The Bertz CT molecular complexity index is 623. The Hall–Kier alpha value is -1.60. The molecule has 2 heterocycles. The maximum absolute atomic E-state index is 4.80. The molecule has 7 nitrogen and oxygen atoms in total. The first-order valence-electron chi connectivity index (χ1n) is 10.9. The topological polar surface area (TPSA) is 60.7 Å². The van der Waals surface area contributed by atoms with E-state index in [1.807, 2.05) is 11.7 Å². The zero-order valence-corrected chi connectivity index (χ0v) is 18.9. The van der Waals surface area contributed by atoms with Crippen LogP contribution >= 0.6 is 0 Å². The third kappa shape index (κ3) is 7.09. The number of hydrogen-bond acceptors (Lipinski definition) is 4. The average Bonchev–Trinajstić information content (AvgIpc) is 2.80. The lowest BCUT2D eigenvalue weighted by atomic mass is 10.1. The first kappa shape index (κ1) is 22.7. The molecule has 1 atom stereocenters. The van der Waals surface area contributed by atoms with Crippen LogP contribution in [0.1, 0.15) is 43.6 Å². The second-order valence-corrected chi connectivity index (χ2v) is 8.14. The molecule has 0 amide bonds. The van der Waals surface area contributed by atoms with Crippen molar-refractivity contribution in [2.75, 3.05) is 52.9 Å². The molecule has 0 aromatic carbocycles. The number of rotatable bonds is 8. The number of nitrogens with zero attached hydrogens (tertiary/aromatic N) is 5. The van der Waals surface area contributed by atoms with Gasteiger partial charge in [0.05, 0.1) is 5.69 Å². The zero-order valence-electron chi connectivity index (χ0n) is 18.9. The predicted octanol–water partition coefficient (Wildman–Crippen LogP) is 1.55. The molecule has 1 saturated heterocycles. The summed E-state index contributed by atoms with van der Waals surface area (Å²) in [5.74, 6) is 0.921. The van der Waals surface area contributed by atoms with Crippen molar-refractivity contribution in [2.45, 2.75) is 53.0 Å². The number of nitrogens with one attached hydrogen (secondary N) is 2. The van der Waals surface area contributed by atoms with Crippen LogP contribution < -0.4 is 10.6 Å². The number of aromatic nitrogens is 2. The SMILES string of the molecule is CCNC(=NCCCN1CCCN(C)CC1)NC(C)Cc1c(C)nn(C)c1C. The first-order valence-corrected chi connectivity index (χ1v) is 10.9. The summed E-state index contributed by atoms with van der Waals surface area (Å²) in [4.78, 5) is 9.81. The maximum Gasteiger partial charge on any atom is 0.191 e. The fourth-order valence-corrected chi connectivity index (χ4v) is 3.83. The Morgan fingerprint density at radius 1 is 1.18 bits per heavy atom. The largest absolute Gasteiger partial charge is 0.357 e. The van der Waals surface area contributed by atoms with Crippen molar-refractivity contribution in [1.29, 1.82) is 0 Å². The van der Waals surface area contributed by atoms with Gasteiger partial charge in [0.1, 0.15) is 0 Å². The highest BCUT2D eigenvalue weighted by Crippen LogP contribution is 2.14. The predicted molar refractivity (Wildman–Crippen MR) is 118 cm³/mol. The van der Waals surface area contributed by atoms with Crippen LogP contribution in [0.4, 0.5) is 0 Å². The van der Waals surface area contributed by atoms with Crippen LogP contribution in [0.2, 0.25) is 0 Å². The zero-order chi connectivity index (χ0) is 20.5. The summed E-state index contributed by atoms with van der Waals surface area (Å²) in [7, 11) is 4.23. The van der Waals surface area contributed by atoms with Crippen molar-refractivity contribution in [3.8, 4) is 0 Å². The number of aryl methyl sites for hydroxylation is 2. The van der Waals surface area contributed by atoms with E-state index in [4.69, 9.17) is 4.99 Å². The molecular weight excluding hydrogens is 350 g/mol. The van der Waals surface area contributed by atoms with Gasteiger partial charge in [-0.05, 0) is 79.2 Å². The normalized spacial score (nSPS) is 18.1. The van der Waals surface area contributed by atoms with E-state index in [1.165, 1.54) is 43.9 Å². The molecule has 1 aromatic rings. The fourth-order valence-electron chi connectivity index (χ4n) is 3.83. The van der Waals surface area contributed by atoms with Crippen LogP contribution in [-0.4, -0.2) is 84.4 Å². The standard InChI is InChI=1S/C21H41N7/c1-7-22-21(23-10-8-12-28-13-9-11-26(5)14-15-28)24-17(2)16-20-18(3)25-27(6)19(20)4/h17H,7-16H2,1-6H3,(H2,22,23,24). The molecule has 1 aliphatic rings. The van der Waals surface area contributed by atoms with Crippen molar-refractivity contribution < 1.29 is 0 Å². The van der Waals surface area contributed by atoms with Crippen LogP contribution in [0.5, 0.6) is 0 Å². The van der Waals surface area contributed by atoms with Gasteiger partial charge in [-0.1, -0.05) is 0 Å². The minimum Gasteiger partial charge on any atom is -0.357 e. The van der Waals surface area contributed by atoms with Gasteiger partial charge < -0.3 is 20.4 Å². The molecule has 7 heteroatoms. The summed E-state index contributed by atoms with van der Waals surface area (Å²) in [5.41, 5.74) is 3.71. The van der Waals surface area contributed by atoms with E-state index in [1.54, 1.807) is 0 Å². The van der Waals surface area contributed by atoms with Gasteiger partial charge in [0.2, 0.25) is 0 Å². The molecule has 0 radical (unpaired) electrons. The van der Waals surface area contributed by atoms with E-state index >= 15 is 0 Å². The van der Waals surface area contributed by atoms with Gasteiger partial charge in [-0.2, -0.15) is 5.10 Å². The molecule has 2 rings (SSSR count). The van der Waals surface area contributed by atoms with Crippen molar-refractivity contribution in [3.05, 3.63) is 17.0 Å². The van der Waals surface area contributed by atoms with Gasteiger partial charge in [-0.25, -0.2) is 0 Å². The highest BCUT2D eigenvalue weighted by Gasteiger charge is 2.14. The van der Waals surface area contributed by atoms with Gasteiger partial charge in [-0.15, -0.1) is 0 Å². The quantitative estimate of drug-likeness (QED) is 0.400. The molecule has 0 aliphatic carbocycles. The molecule has 0 spiro atoms. The monoisotopic (exact) mass is 391 g/mol. The molecule has 0 bridgehead atoms. The molecule has 0 saturated carbocycles. The molecule has 1 unspecified atom stereocenters. The average molecular weight is 392 g/mol. The van der Waals surface area contributed by atoms with Crippen LogP contribution in [0.3, 0.4) is 0 Å². The summed E-state index contributed by atoms with van der Waals surface area (Å²) in [6, 6.07) is 0.306. The van der Waals surface area contributed by atoms with Crippen LogP contribution in [0.25, 0.3) is 0 Å². The molecule has 160 valence electrons. The van der Waals surface area contributed by atoms with E-state index in [-0.39, 0.29) is 0 Å². The van der Waals surface area contributed by atoms with E-state index in [9.17, 15) is 0 Å². The molecule has 1 fully saturated rings. The molecular formula is C21H41N7. The number of aliphatic imine (C=N–C) groups is 1. The fraction of sp³-hybridized carbons (Fsp3) is 0.810. The van der Waals surface area contributed by atoms with Crippen molar-refractivity contribution >= 4 is 5.96 Å². The number of likely N-dealkylation sites (N-methyl/N-ethyl adjacent to an activating group) is 1. The highest BCUT2D eigenvalue weighted by atomic mass is 15.3. The van der Waals surface area contributed by atoms with Crippen molar-refractivity contribution in [2.24, 2.45) is 12.0 Å². The van der Waals surface area contributed by atoms with E-state index < -0.39 is 0 Å². The van der Waals surface area contributed by atoms with E-state index in [2.05, 4.69) is 60.3 Å². The summed E-state index contributed by atoms with van der Waals surface area (Å²) in [5, 5.41) is 11.5. The minimum atomic E-state index is 0.306. The highest BCUT2D eigenvalue weighted by molar-refractivity contribution is 5.80. The third-order valence-electron chi connectivity index (χ3n) is 5.61. The molecule has 2 N–H and O–H groups in total. The summed E-state index contributed by atoms with van der Waals surface area (Å²) in [6.07, 6.45) is 3.33. The van der Waals surface area contributed by atoms with Gasteiger partial charge in [0.15, 0.2) is 5.96 Å². The van der Waals surface area contributed by atoms with E-state index in [0.29, 0.717) is 6.04 Å². The number of guanidine groups is 1. The lowest BCUT2D eigenvalue weighted by molar-refractivity contribution is 0.275. The lowest BCUT2D eigenvalue weighted by Crippen LogP contribution is -2.43. The summed E-state index contributed by atoms with van der Waals surface area (Å²) < 4.78 is 1.97. The Morgan fingerprint density at radius 2 is 1.96 bits per heavy atom. The van der Waals surface area contributed by atoms with Crippen molar-refractivity contribution in [3.63, 3.8) is 0 Å². The Morgan fingerprint density at radius 3 is 2.64 bits per heavy atom. The van der Waals surface area contributed by atoms with E-state index in [0.717, 1.165) is 44.1 Å². The first-order chi connectivity index (χ1) is 13.4. The molecule has 1 aromatic heterocycles. The van der Waals surface area contributed by atoms with Crippen LogP contribution in [0.15, 0.2) is 4.99 Å². The number of hydrogen-bond donors (Lipinski definition) is 2. The summed E-state index contributed by atoms with van der Waals surface area (Å²) >= 11 is 0.